The zero-order chi connectivity index (χ0) is 23.5. The Morgan fingerprint density at radius 3 is 1.59 bits per heavy atom. The van der Waals surface area contributed by atoms with Crippen LogP contribution in [-0.4, -0.2) is 6.61 Å². The van der Waals surface area contributed by atoms with Crippen molar-refractivity contribution < 1.29 is 4.74 Å². The molecule has 0 saturated carbocycles. The van der Waals surface area contributed by atoms with E-state index in [9.17, 15) is 0 Å². The summed E-state index contributed by atoms with van der Waals surface area (Å²) in [5.41, 5.74) is 3.42. The van der Waals surface area contributed by atoms with E-state index >= 15 is 0 Å². The summed E-state index contributed by atoms with van der Waals surface area (Å²) in [7, 11) is 0. The molecule has 180 valence electrons. The van der Waals surface area contributed by atoms with Gasteiger partial charge >= 0.3 is 0 Å². The average Bonchev–Trinajstić information content (AvgIpc) is 2.92. The Labute approximate surface area is 207 Å². The van der Waals surface area contributed by atoms with Crippen molar-refractivity contribution in [2.24, 2.45) is 0 Å². The third-order valence-electron chi connectivity index (χ3n) is 7.88. The fourth-order valence-corrected chi connectivity index (χ4v) is 6.26. The van der Waals surface area contributed by atoms with Gasteiger partial charge in [-0.15, -0.1) is 0 Å². The Kier molecular flexibility index (Phi) is 8.99. The first-order valence-electron chi connectivity index (χ1n) is 13.6. The van der Waals surface area contributed by atoms with E-state index in [1.165, 1.54) is 68.1 Å². The van der Waals surface area contributed by atoms with Crippen LogP contribution in [0.25, 0.3) is 0 Å². The van der Waals surface area contributed by atoms with E-state index in [-0.39, 0.29) is 5.41 Å². The molecule has 1 aliphatic rings. The van der Waals surface area contributed by atoms with Gasteiger partial charge in [-0.25, -0.2) is 0 Å². The summed E-state index contributed by atoms with van der Waals surface area (Å²) in [5, 5.41) is 0. The van der Waals surface area contributed by atoms with Crippen LogP contribution in [0.15, 0.2) is 91.0 Å². The number of hydrogen-bond acceptors (Lipinski definition) is 1. The standard InChI is InChI=1S/C33H42O/c1-2-3-4-5-6-7-8-18-26-32(29-20-12-9-13-21-29)27-19-28-34-33(32,30-22-14-10-15-23-30)31-24-16-11-17-25-31/h9-17,20-25H,2-8,18-19,26-28H2,1H3. The molecule has 1 atom stereocenters. The first-order valence-corrected chi connectivity index (χ1v) is 13.6. The van der Waals surface area contributed by atoms with Crippen molar-refractivity contribution in [2.45, 2.75) is 88.6 Å². The first kappa shape index (κ1) is 24.7. The Balaban J connectivity index is 1.71. The number of hydrogen-bond donors (Lipinski definition) is 0. The van der Waals surface area contributed by atoms with E-state index in [1.807, 2.05) is 0 Å². The molecule has 1 nitrogen and oxygen atoms in total. The highest BCUT2D eigenvalue weighted by Crippen LogP contribution is 2.57. The lowest BCUT2D eigenvalue weighted by atomic mass is 9.56. The van der Waals surface area contributed by atoms with Crippen LogP contribution in [0, 0.1) is 0 Å². The molecule has 0 spiro atoms. The topological polar surface area (TPSA) is 9.23 Å². The lowest BCUT2D eigenvalue weighted by Crippen LogP contribution is -2.55. The molecule has 0 aromatic heterocycles. The zero-order valence-corrected chi connectivity index (χ0v) is 21.1. The maximum atomic E-state index is 7.03. The molecule has 4 rings (SSSR count). The minimum absolute atomic E-state index is 0.0859. The van der Waals surface area contributed by atoms with Crippen molar-refractivity contribution >= 4 is 0 Å². The molecule has 0 radical (unpaired) electrons. The molecule has 1 heterocycles. The van der Waals surface area contributed by atoms with Crippen LogP contribution < -0.4 is 0 Å². The second kappa shape index (κ2) is 12.4. The second-order valence-electron chi connectivity index (χ2n) is 10.0. The molecule has 1 saturated heterocycles. The maximum absolute atomic E-state index is 7.03. The van der Waals surface area contributed by atoms with Crippen molar-refractivity contribution in [1.82, 2.24) is 0 Å². The van der Waals surface area contributed by atoms with Gasteiger partial charge in [0.1, 0.15) is 5.60 Å². The minimum atomic E-state index is -0.476. The normalized spacial score (nSPS) is 19.7. The van der Waals surface area contributed by atoms with Crippen LogP contribution in [0.3, 0.4) is 0 Å². The Morgan fingerprint density at radius 2 is 1.06 bits per heavy atom. The number of ether oxygens (including phenoxy) is 1. The highest BCUT2D eigenvalue weighted by atomic mass is 16.5. The van der Waals surface area contributed by atoms with Crippen molar-refractivity contribution in [3.05, 3.63) is 108 Å². The van der Waals surface area contributed by atoms with Crippen molar-refractivity contribution in [3.8, 4) is 0 Å². The zero-order valence-electron chi connectivity index (χ0n) is 21.1. The molecule has 1 heteroatoms. The number of unbranched alkanes of at least 4 members (excludes halogenated alkanes) is 7. The molecule has 0 amide bonds. The van der Waals surface area contributed by atoms with Gasteiger partial charge in [0.2, 0.25) is 0 Å². The van der Waals surface area contributed by atoms with Gasteiger partial charge in [-0.1, -0.05) is 149 Å². The summed E-state index contributed by atoms with van der Waals surface area (Å²) in [4.78, 5) is 0. The van der Waals surface area contributed by atoms with E-state index < -0.39 is 5.60 Å². The highest BCUT2D eigenvalue weighted by Gasteiger charge is 2.56. The molecular formula is C33H42O. The molecule has 0 aliphatic carbocycles. The van der Waals surface area contributed by atoms with Gasteiger partial charge in [-0.3, -0.25) is 0 Å². The van der Waals surface area contributed by atoms with E-state index in [0.717, 1.165) is 25.9 Å². The SMILES string of the molecule is CCCCCCCCCCC1(c2ccccc2)CCCOC1(c1ccccc1)c1ccccc1. The molecule has 1 fully saturated rings. The Hall–Kier alpha value is -2.38. The molecule has 1 unspecified atom stereocenters. The fraction of sp³-hybridized carbons (Fsp3) is 0.455. The Bertz CT molecular complexity index is 910. The van der Waals surface area contributed by atoms with Gasteiger partial charge in [-0.05, 0) is 36.0 Å². The van der Waals surface area contributed by atoms with Crippen LogP contribution in [0.4, 0.5) is 0 Å². The quantitative estimate of drug-likeness (QED) is 0.248. The monoisotopic (exact) mass is 454 g/mol. The van der Waals surface area contributed by atoms with Crippen LogP contribution in [0.2, 0.25) is 0 Å². The predicted octanol–water partition coefficient (Wildman–Crippen LogP) is 9.21. The predicted molar refractivity (Wildman–Crippen MR) is 144 cm³/mol. The van der Waals surface area contributed by atoms with Crippen LogP contribution in [0.5, 0.6) is 0 Å². The van der Waals surface area contributed by atoms with Crippen LogP contribution in [-0.2, 0) is 15.8 Å². The minimum Gasteiger partial charge on any atom is -0.365 e. The van der Waals surface area contributed by atoms with Gasteiger partial charge in [0.15, 0.2) is 0 Å². The molecule has 1 aliphatic heterocycles. The number of benzene rings is 3. The van der Waals surface area contributed by atoms with E-state index in [2.05, 4.69) is 97.9 Å². The van der Waals surface area contributed by atoms with Crippen molar-refractivity contribution in [1.29, 1.82) is 0 Å². The summed E-state index contributed by atoms with van der Waals surface area (Å²) in [6.45, 7) is 3.09. The van der Waals surface area contributed by atoms with Gasteiger partial charge < -0.3 is 4.74 Å². The summed E-state index contributed by atoms with van der Waals surface area (Å²) in [5.74, 6) is 0. The molecule has 3 aromatic rings. The van der Waals surface area contributed by atoms with E-state index in [4.69, 9.17) is 4.74 Å². The molecular weight excluding hydrogens is 412 g/mol. The van der Waals surface area contributed by atoms with E-state index in [1.54, 1.807) is 0 Å². The number of rotatable bonds is 12. The van der Waals surface area contributed by atoms with Gasteiger partial charge in [0, 0.05) is 12.0 Å². The summed E-state index contributed by atoms with van der Waals surface area (Å²) in [6, 6.07) is 33.3. The van der Waals surface area contributed by atoms with Crippen LogP contribution >= 0.6 is 0 Å². The fourth-order valence-electron chi connectivity index (χ4n) is 6.26. The van der Waals surface area contributed by atoms with Gasteiger partial charge in [-0.2, -0.15) is 0 Å². The van der Waals surface area contributed by atoms with E-state index in [0.29, 0.717) is 0 Å². The maximum Gasteiger partial charge on any atom is 0.128 e. The summed E-state index contributed by atoms with van der Waals surface area (Å²) >= 11 is 0. The average molecular weight is 455 g/mol. The van der Waals surface area contributed by atoms with Crippen molar-refractivity contribution in [3.63, 3.8) is 0 Å². The third kappa shape index (κ3) is 5.15. The smallest absolute Gasteiger partial charge is 0.128 e. The largest absolute Gasteiger partial charge is 0.365 e. The lowest BCUT2D eigenvalue weighted by molar-refractivity contribution is -0.118. The molecule has 34 heavy (non-hydrogen) atoms. The molecule has 0 bridgehead atoms. The highest BCUT2D eigenvalue weighted by molar-refractivity contribution is 5.47. The summed E-state index contributed by atoms with van der Waals surface area (Å²) in [6.07, 6.45) is 14.2. The lowest BCUT2D eigenvalue weighted by Gasteiger charge is -2.55. The first-order chi connectivity index (χ1) is 16.8. The third-order valence-corrected chi connectivity index (χ3v) is 7.88. The molecule has 3 aromatic carbocycles. The molecule has 0 N–H and O–H groups in total. The second-order valence-corrected chi connectivity index (χ2v) is 10.0. The van der Waals surface area contributed by atoms with Crippen molar-refractivity contribution in [2.75, 3.05) is 6.61 Å². The summed E-state index contributed by atoms with van der Waals surface area (Å²) < 4.78 is 7.03. The van der Waals surface area contributed by atoms with Gasteiger partial charge in [0.05, 0.1) is 0 Å². The van der Waals surface area contributed by atoms with Gasteiger partial charge in [0.25, 0.3) is 0 Å². The van der Waals surface area contributed by atoms with Crippen LogP contribution in [0.1, 0.15) is 94.2 Å². The Morgan fingerprint density at radius 1 is 0.588 bits per heavy atom.